The SMILES string of the molecule is CCn1nccc1CCN[C@@H]1CC(=O)N(C)[C@H]1c1cccnc1. The largest absolute Gasteiger partial charge is 0.337 e. The number of carbonyl (C=O) groups excluding carboxylic acids is 1. The van der Waals surface area contributed by atoms with E-state index in [4.69, 9.17) is 0 Å². The van der Waals surface area contributed by atoms with Gasteiger partial charge in [-0.15, -0.1) is 0 Å². The highest BCUT2D eigenvalue weighted by Gasteiger charge is 2.38. The van der Waals surface area contributed by atoms with E-state index in [0.717, 1.165) is 25.1 Å². The predicted molar refractivity (Wildman–Crippen MR) is 87.8 cm³/mol. The molecule has 3 heterocycles. The van der Waals surface area contributed by atoms with Crippen molar-refractivity contribution < 1.29 is 4.79 Å². The Balaban J connectivity index is 1.65. The molecule has 0 spiro atoms. The molecule has 2 aromatic rings. The Bertz CT molecular complexity index is 654. The van der Waals surface area contributed by atoms with E-state index in [9.17, 15) is 4.79 Å². The number of carbonyl (C=O) groups is 1. The van der Waals surface area contributed by atoms with Crippen LogP contribution in [0.15, 0.2) is 36.8 Å². The minimum Gasteiger partial charge on any atom is -0.337 e. The third kappa shape index (κ3) is 3.27. The lowest BCUT2D eigenvalue weighted by Crippen LogP contribution is -2.36. The van der Waals surface area contributed by atoms with Gasteiger partial charge in [-0.05, 0) is 24.6 Å². The van der Waals surface area contributed by atoms with Crippen molar-refractivity contribution in [2.45, 2.75) is 38.4 Å². The van der Waals surface area contributed by atoms with Gasteiger partial charge in [0.2, 0.25) is 5.91 Å². The number of likely N-dealkylation sites (N-methyl/N-ethyl adjacent to an activating group) is 1. The molecule has 0 unspecified atom stereocenters. The summed E-state index contributed by atoms with van der Waals surface area (Å²) in [6, 6.07) is 6.17. The second-order valence-electron chi connectivity index (χ2n) is 5.89. The van der Waals surface area contributed by atoms with Crippen LogP contribution in [0.25, 0.3) is 0 Å². The fraction of sp³-hybridized carbons (Fsp3) is 0.471. The zero-order valence-electron chi connectivity index (χ0n) is 13.6. The van der Waals surface area contributed by atoms with Crippen LogP contribution in [-0.2, 0) is 17.8 Å². The summed E-state index contributed by atoms with van der Waals surface area (Å²) >= 11 is 0. The molecule has 1 aliphatic heterocycles. The molecule has 122 valence electrons. The number of nitrogens with one attached hydrogen (secondary N) is 1. The van der Waals surface area contributed by atoms with Crippen molar-refractivity contribution in [3.63, 3.8) is 0 Å². The van der Waals surface area contributed by atoms with Gasteiger partial charge in [-0.2, -0.15) is 5.10 Å². The molecular formula is C17H23N5O. The fourth-order valence-corrected chi connectivity index (χ4v) is 3.30. The standard InChI is InChI=1S/C17H23N5O/c1-3-22-14(7-10-20-22)6-9-19-15-11-16(23)21(2)17(15)13-5-4-8-18-12-13/h4-5,7-8,10,12,15,17,19H,3,6,9,11H2,1-2H3/t15-,17+/m1/s1. The summed E-state index contributed by atoms with van der Waals surface area (Å²) in [4.78, 5) is 18.1. The molecule has 1 fully saturated rings. The Labute approximate surface area is 136 Å². The maximum Gasteiger partial charge on any atom is 0.224 e. The summed E-state index contributed by atoms with van der Waals surface area (Å²) in [5, 5.41) is 7.84. The van der Waals surface area contributed by atoms with Crippen molar-refractivity contribution in [2.24, 2.45) is 0 Å². The monoisotopic (exact) mass is 313 g/mol. The topological polar surface area (TPSA) is 63.1 Å². The maximum absolute atomic E-state index is 12.1. The van der Waals surface area contributed by atoms with Crippen molar-refractivity contribution in [3.05, 3.63) is 48.0 Å². The van der Waals surface area contributed by atoms with Crippen LogP contribution in [-0.4, -0.2) is 45.2 Å². The minimum atomic E-state index is 0.0484. The molecule has 2 aromatic heterocycles. The third-order valence-electron chi connectivity index (χ3n) is 4.50. The van der Waals surface area contributed by atoms with Crippen LogP contribution < -0.4 is 5.32 Å². The summed E-state index contributed by atoms with van der Waals surface area (Å²) in [6.45, 7) is 3.80. The van der Waals surface area contributed by atoms with Crippen LogP contribution in [0.3, 0.4) is 0 Å². The molecule has 6 nitrogen and oxygen atoms in total. The van der Waals surface area contributed by atoms with Gasteiger partial charge in [0.1, 0.15) is 0 Å². The smallest absolute Gasteiger partial charge is 0.224 e. The van der Waals surface area contributed by atoms with Gasteiger partial charge in [0.05, 0.1) is 6.04 Å². The van der Waals surface area contributed by atoms with E-state index in [1.54, 1.807) is 6.20 Å². The number of likely N-dealkylation sites (tertiary alicyclic amines) is 1. The first kappa shape index (κ1) is 15.7. The Hall–Kier alpha value is -2.21. The minimum absolute atomic E-state index is 0.0484. The van der Waals surface area contributed by atoms with Crippen molar-refractivity contribution in [2.75, 3.05) is 13.6 Å². The zero-order chi connectivity index (χ0) is 16.2. The zero-order valence-corrected chi connectivity index (χ0v) is 13.6. The van der Waals surface area contributed by atoms with E-state index in [1.165, 1.54) is 5.69 Å². The lowest BCUT2D eigenvalue weighted by Gasteiger charge is -2.25. The Morgan fingerprint density at radius 3 is 2.96 bits per heavy atom. The van der Waals surface area contributed by atoms with E-state index in [2.05, 4.69) is 28.4 Å². The summed E-state index contributed by atoms with van der Waals surface area (Å²) in [5.41, 5.74) is 2.30. The van der Waals surface area contributed by atoms with Gasteiger partial charge in [-0.3, -0.25) is 14.5 Å². The molecule has 3 rings (SSSR count). The number of hydrogen-bond donors (Lipinski definition) is 1. The highest BCUT2D eigenvalue weighted by Crippen LogP contribution is 2.31. The second-order valence-corrected chi connectivity index (χ2v) is 5.89. The van der Waals surface area contributed by atoms with Crippen molar-refractivity contribution in [3.8, 4) is 0 Å². The lowest BCUT2D eigenvalue weighted by atomic mass is 10.0. The molecular weight excluding hydrogens is 290 g/mol. The van der Waals surface area contributed by atoms with Gasteiger partial charge in [-0.25, -0.2) is 0 Å². The average molecular weight is 313 g/mol. The highest BCUT2D eigenvalue weighted by molar-refractivity contribution is 5.80. The third-order valence-corrected chi connectivity index (χ3v) is 4.50. The summed E-state index contributed by atoms with van der Waals surface area (Å²) in [5.74, 6) is 0.176. The molecule has 2 atom stereocenters. The number of amides is 1. The number of rotatable bonds is 6. The summed E-state index contributed by atoms with van der Waals surface area (Å²) in [6.07, 6.45) is 6.88. The first-order chi connectivity index (χ1) is 11.2. The van der Waals surface area contributed by atoms with E-state index in [1.807, 2.05) is 41.2 Å². The number of hydrogen-bond acceptors (Lipinski definition) is 4. The Morgan fingerprint density at radius 1 is 1.35 bits per heavy atom. The first-order valence-corrected chi connectivity index (χ1v) is 8.10. The average Bonchev–Trinajstić information content (AvgIpc) is 3.13. The van der Waals surface area contributed by atoms with Crippen LogP contribution in [0.5, 0.6) is 0 Å². The van der Waals surface area contributed by atoms with Crippen LogP contribution in [0.2, 0.25) is 0 Å². The lowest BCUT2D eigenvalue weighted by molar-refractivity contribution is -0.127. The maximum atomic E-state index is 12.1. The van der Waals surface area contributed by atoms with Crippen LogP contribution in [0, 0.1) is 0 Å². The number of aryl methyl sites for hydroxylation is 1. The van der Waals surface area contributed by atoms with Crippen molar-refractivity contribution >= 4 is 5.91 Å². The molecule has 1 N–H and O–H groups in total. The van der Waals surface area contributed by atoms with Gasteiger partial charge in [0.15, 0.2) is 0 Å². The molecule has 1 saturated heterocycles. The van der Waals surface area contributed by atoms with Crippen LogP contribution >= 0.6 is 0 Å². The van der Waals surface area contributed by atoms with Crippen LogP contribution in [0.4, 0.5) is 0 Å². The molecule has 0 radical (unpaired) electrons. The van der Waals surface area contributed by atoms with Gasteiger partial charge >= 0.3 is 0 Å². The fourth-order valence-electron chi connectivity index (χ4n) is 3.30. The first-order valence-electron chi connectivity index (χ1n) is 8.10. The second kappa shape index (κ2) is 6.91. The molecule has 23 heavy (non-hydrogen) atoms. The number of aromatic nitrogens is 3. The Kier molecular flexibility index (Phi) is 4.71. The van der Waals surface area contributed by atoms with E-state index in [-0.39, 0.29) is 18.0 Å². The van der Waals surface area contributed by atoms with Crippen molar-refractivity contribution in [1.82, 2.24) is 25.0 Å². The van der Waals surface area contributed by atoms with Crippen LogP contribution in [0.1, 0.15) is 30.6 Å². The molecule has 6 heteroatoms. The van der Waals surface area contributed by atoms with E-state index >= 15 is 0 Å². The van der Waals surface area contributed by atoms with Crippen molar-refractivity contribution in [1.29, 1.82) is 0 Å². The molecule has 0 bridgehead atoms. The molecule has 0 aliphatic carbocycles. The molecule has 1 aliphatic rings. The summed E-state index contributed by atoms with van der Waals surface area (Å²) < 4.78 is 2.01. The predicted octanol–water partition coefficient (Wildman–Crippen LogP) is 1.40. The number of nitrogens with zero attached hydrogens (tertiary/aromatic N) is 4. The molecule has 0 saturated carbocycles. The normalized spacial score (nSPS) is 21.1. The van der Waals surface area contributed by atoms with E-state index in [0.29, 0.717) is 6.42 Å². The van der Waals surface area contributed by atoms with Gasteiger partial charge in [0, 0.05) is 63.3 Å². The Morgan fingerprint density at radius 2 is 2.22 bits per heavy atom. The number of pyridine rings is 1. The quantitative estimate of drug-likeness (QED) is 0.876. The van der Waals surface area contributed by atoms with Gasteiger partial charge in [0.25, 0.3) is 0 Å². The molecule has 0 aromatic carbocycles. The summed E-state index contributed by atoms with van der Waals surface area (Å²) in [7, 11) is 1.87. The van der Waals surface area contributed by atoms with Gasteiger partial charge < -0.3 is 10.2 Å². The van der Waals surface area contributed by atoms with E-state index < -0.39 is 0 Å². The highest BCUT2D eigenvalue weighted by atomic mass is 16.2. The van der Waals surface area contributed by atoms with Gasteiger partial charge in [-0.1, -0.05) is 6.07 Å². The molecule has 1 amide bonds.